The highest BCUT2D eigenvalue weighted by atomic mass is 15.0. The van der Waals surface area contributed by atoms with Gasteiger partial charge in [0.25, 0.3) is 0 Å². The van der Waals surface area contributed by atoms with E-state index in [1.807, 2.05) is 0 Å². The maximum absolute atomic E-state index is 2.52. The number of hydrogen-bond acceptors (Lipinski definition) is 0. The minimum Gasteiger partial charge on any atom is -0.309 e. The quantitative estimate of drug-likeness (QED) is 0.169. The van der Waals surface area contributed by atoms with Crippen LogP contribution in [0.2, 0.25) is 0 Å². The number of benzene rings is 7. The highest BCUT2D eigenvalue weighted by Gasteiger charge is 2.38. The second kappa shape index (κ2) is 10.4. The molecule has 0 bridgehead atoms. The van der Waals surface area contributed by atoms with Gasteiger partial charge < -0.3 is 4.57 Å². The Morgan fingerprint density at radius 3 is 1.46 bits per heavy atom. The molecule has 1 nitrogen and oxygen atoms in total. The number of hydrogen-bond donors (Lipinski definition) is 0. The van der Waals surface area contributed by atoms with Gasteiger partial charge in [-0.2, -0.15) is 0 Å². The first-order chi connectivity index (χ1) is 24.3. The number of nitrogens with zero attached hydrogens (tertiary/aromatic N) is 1. The molecule has 1 heterocycles. The van der Waals surface area contributed by atoms with Crippen molar-refractivity contribution in [3.05, 3.63) is 197 Å². The lowest BCUT2D eigenvalue weighted by Crippen LogP contribution is -2.17. The molecule has 0 N–H and O–H groups in total. The third-order valence-corrected chi connectivity index (χ3v) is 11.9. The molecule has 240 valence electrons. The Labute approximate surface area is 294 Å². The van der Waals surface area contributed by atoms with Crippen molar-refractivity contribution in [3.63, 3.8) is 0 Å². The molecule has 0 spiro atoms. The molecule has 0 saturated carbocycles. The molecular formula is C49H39N. The zero-order chi connectivity index (χ0) is 33.8. The predicted octanol–water partition coefficient (Wildman–Crippen LogP) is 12.6. The molecule has 0 unspecified atom stereocenters. The third kappa shape index (κ3) is 4.01. The first-order valence-corrected chi connectivity index (χ1v) is 17.9. The van der Waals surface area contributed by atoms with Crippen LogP contribution < -0.4 is 0 Å². The topological polar surface area (TPSA) is 4.93 Å². The van der Waals surface area contributed by atoms with E-state index >= 15 is 0 Å². The van der Waals surface area contributed by atoms with E-state index in [-0.39, 0.29) is 16.7 Å². The summed E-state index contributed by atoms with van der Waals surface area (Å²) < 4.78 is 2.41. The van der Waals surface area contributed by atoms with Crippen LogP contribution in [0.1, 0.15) is 72.6 Å². The van der Waals surface area contributed by atoms with Gasteiger partial charge in [-0.05, 0) is 91.5 Å². The second-order valence-corrected chi connectivity index (χ2v) is 15.3. The first kappa shape index (κ1) is 29.3. The van der Waals surface area contributed by atoms with E-state index in [0.717, 1.165) is 0 Å². The zero-order valence-electron chi connectivity index (χ0n) is 29.0. The summed E-state index contributed by atoms with van der Waals surface area (Å²) in [5.41, 5.74) is 18.6. The zero-order valence-corrected chi connectivity index (χ0v) is 29.0. The highest BCUT2D eigenvalue weighted by molar-refractivity contribution is 6.09. The van der Waals surface area contributed by atoms with E-state index in [2.05, 4.69) is 190 Å². The van der Waals surface area contributed by atoms with E-state index in [9.17, 15) is 0 Å². The maximum Gasteiger partial charge on any atom is 0.0541 e. The van der Waals surface area contributed by atoms with Crippen molar-refractivity contribution in [1.29, 1.82) is 0 Å². The van der Waals surface area contributed by atoms with Gasteiger partial charge in [-0.25, -0.2) is 0 Å². The lowest BCUT2D eigenvalue weighted by Gasteiger charge is -2.26. The van der Waals surface area contributed by atoms with Gasteiger partial charge in [-0.3, -0.25) is 0 Å². The number of para-hydroxylation sites is 2. The van der Waals surface area contributed by atoms with Gasteiger partial charge in [0.15, 0.2) is 0 Å². The van der Waals surface area contributed by atoms with Crippen molar-refractivity contribution in [2.75, 3.05) is 0 Å². The SMILES string of the molecule is CC1(C)c2ccccc2-c2ccc(C(c3ccc4c(c3)C(C)(C)c3ccccc3-4)c3ccc4c(c3)c3ccccc3n4-c3ccccc3)cc21. The van der Waals surface area contributed by atoms with Gasteiger partial charge in [-0.1, -0.05) is 155 Å². The fourth-order valence-electron chi connectivity index (χ4n) is 9.41. The molecule has 0 saturated heterocycles. The van der Waals surface area contributed by atoms with Crippen molar-refractivity contribution in [2.24, 2.45) is 0 Å². The summed E-state index contributed by atoms with van der Waals surface area (Å²) in [6.45, 7) is 9.54. The maximum atomic E-state index is 2.52. The molecule has 1 heteroatoms. The van der Waals surface area contributed by atoms with Gasteiger partial charge in [0, 0.05) is 33.2 Å². The standard InChI is InChI=1S/C49H39N/c1-48(2)41-19-11-8-16-35(41)37-25-22-32(29-43(37)48)47(33-23-26-38-36-17-9-12-20-42(36)49(3,4)44(38)30-33)31-24-27-46-40(28-31)39-18-10-13-21-45(39)50(46)34-14-6-5-7-15-34/h5-30,47H,1-4H3. The Hall–Kier alpha value is -5.66. The molecule has 2 aliphatic carbocycles. The van der Waals surface area contributed by atoms with Crippen LogP contribution in [0, 0.1) is 0 Å². The monoisotopic (exact) mass is 641 g/mol. The van der Waals surface area contributed by atoms with Crippen molar-refractivity contribution in [3.8, 4) is 27.9 Å². The Morgan fingerprint density at radius 2 is 0.840 bits per heavy atom. The Balaban J connectivity index is 1.21. The molecule has 2 aliphatic rings. The minimum absolute atomic E-state index is 0.0628. The second-order valence-electron chi connectivity index (χ2n) is 15.3. The molecule has 0 amide bonds. The summed E-state index contributed by atoms with van der Waals surface area (Å²) in [6.07, 6.45) is 0. The molecule has 50 heavy (non-hydrogen) atoms. The van der Waals surface area contributed by atoms with Crippen LogP contribution in [0.3, 0.4) is 0 Å². The first-order valence-electron chi connectivity index (χ1n) is 17.9. The fraction of sp³-hybridized carbons (Fsp3) is 0.143. The lowest BCUT2D eigenvalue weighted by atomic mass is 9.77. The van der Waals surface area contributed by atoms with E-state index in [1.165, 1.54) is 88.7 Å². The molecular weight excluding hydrogens is 603 g/mol. The van der Waals surface area contributed by atoms with Crippen molar-refractivity contribution in [2.45, 2.75) is 44.4 Å². The van der Waals surface area contributed by atoms with E-state index in [4.69, 9.17) is 0 Å². The number of aromatic nitrogens is 1. The summed E-state index contributed by atoms with van der Waals surface area (Å²) in [6, 6.07) is 59.3. The van der Waals surface area contributed by atoms with Gasteiger partial charge >= 0.3 is 0 Å². The summed E-state index contributed by atoms with van der Waals surface area (Å²) in [5.74, 6) is 0.0628. The summed E-state index contributed by atoms with van der Waals surface area (Å²) >= 11 is 0. The van der Waals surface area contributed by atoms with Crippen molar-refractivity contribution >= 4 is 21.8 Å². The van der Waals surface area contributed by atoms with E-state index < -0.39 is 0 Å². The van der Waals surface area contributed by atoms with Gasteiger partial charge in [0.1, 0.15) is 0 Å². The normalized spacial score (nSPS) is 14.9. The molecule has 0 atom stereocenters. The van der Waals surface area contributed by atoms with Crippen molar-refractivity contribution in [1.82, 2.24) is 4.57 Å². The molecule has 7 aromatic carbocycles. The average molecular weight is 642 g/mol. The van der Waals surface area contributed by atoms with Crippen LogP contribution in [-0.4, -0.2) is 4.57 Å². The molecule has 8 aromatic rings. The molecule has 0 fully saturated rings. The van der Waals surface area contributed by atoms with Crippen LogP contribution >= 0.6 is 0 Å². The van der Waals surface area contributed by atoms with Crippen LogP contribution in [0.25, 0.3) is 49.7 Å². The van der Waals surface area contributed by atoms with Gasteiger partial charge in [0.05, 0.1) is 11.0 Å². The highest BCUT2D eigenvalue weighted by Crippen LogP contribution is 2.52. The van der Waals surface area contributed by atoms with Gasteiger partial charge in [-0.15, -0.1) is 0 Å². The molecule has 0 radical (unpaired) electrons. The van der Waals surface area contributed by atoms with E-state index in [1.54, 1.807) is 0 Å². The summed E-state index contributed by atoms with van der Waals surface area (Å²) in [7, 11) is 0. The van der Waals surface area contributed by atoms with Crippen molar-refractivity contribution < 1.29 is 0 Å². The number of rotatable bonds is 4. The van der Waals surface area contributed by atoms with Crippen LogP contribution in [0.5, 0.6) is 0 Å². The van der Waals surface area contributed by atoms with E-state index in [0.29, 0.717) is 0 Å². The predicted molar refractivity (Wildman–Crippen MR) is 210 cm³/mol. The lowest BCUT2D eigenvalue weighted by molar-refractivity contribution is 0.657. The number of fused-ring (bicyclic) bond motifs is 9. The Bertz CT molecular complexity index is 2540. The van der Waals surface area contributed by atoms with Gasteiger partial charge in [0.2, 0.25) is 0 Å². The smallest absolute Gasteiger partial charge is 0.0541 e. The average Bonchev–Trinajstić information content (AvgIpc) is 3.69. The third-order valence-electron chi connectivity index (χ3n) is 11.9. The fourth-order valence-corrected chi connectivity index (χ4v) is 9.41. The minimum atomic E-state index is -0.0683. The molecule has 10 rings (SSSR count). The summed E-state index contributed by atoms with van der Waals surface area (Å²) in [4.78, 5) is 0. The summed E-state index contributed by atoms with van der Waals surface area (Å²) in [5, 5.41) is 2.57. The van der Waals surface area contributed by atoms with Crippen LogP contribution in [-0.2, 0) is 10.8 Å². The molecule has 0 aliphatic heterocycles. The van der Waals surface area contributed by atoms with Crippen LogP contribution in [0.4, 0.5) is 0 Å². The molecule has 1 aromatic heterocycles. The largest absolute Gasteiger partial charge is 0.309 e. The Kier molecular flexibility index (Phi) is 6.10. The Morgan fingerprint density at radius 1 is 0.380 bits per heavy atom. The van der Waals surface area contributed by atoms with Crippen LogP contribution in [0.15, 0.2) is 158 Å².